The van der Waals surface area contributed by atoms with Crippen molar-refractivity contribution in [3.63, 3.8) is 0 Å². The van der Waals surface area contributed by atoms with E-state index >= 15 is 0 Å². The molecule has 0 aromatic carbocycles. The third kappa shape index (κ3) is 1.57. The zero-order valence-electron chi connectivity index (χ0n) is 8.85. The summed E-state index contributed by atoms with van der Waals surface area (Å²) in [7, 11) is 1.88. The first-order valence-electron chi connectivity index (χ1n) is 5.36. The van der Waals surface area contributed by atoms with Crippen LogP contribution < -0.4 is 0 Å². The Hall–Kier alpha value is -0.830. The second-order valence-electron chi connectivity index (χ2n) is 4.37. The fourth-order valence-corrected chi connectivity index (χ4v) is 2.17. The van der Waals surface area contributed by atoms with Crippen molar-refractivity contribution in [2.45, 2.75) is 32.3 Å². The van der Waals surface area contributed by atoms with Crippen LogP contribution in [-0.2, 0) is 7.05 Å². The van der Waals surface area contributed by atoms with Gasteiger partial charge in [-0.1, -0.05) is 26.2 Å². The maximum absolute atomic E-state index is 10.1. The molecule has 3 heteroatoms. The van der Waals surface area contributed by atoms with E-state index in [0.717, 1.165) is 5.69 Å². The highest BCUT2D eigenvalue weighted by atomic mass is 16.3. The van der Waals surface area contributed by atoms with Crippen molar-refractivity contribution in [2.24, 2.45) is 18.9 Å². The summed E-state index contributed by atoms with van der Waals surface area (Å²) in [5.74, 6) is 1.07. The average molecular weight is 194 g/mol. The van der Waals surface area contributed by atoms with Crippen molar-refractivity contribution in [3.05, 3.63) is 18.0 Å². The molecule has 1 aliphatic carbocycles. The molecule has 2 rings (SSSR count). The van der Waals surface area contributed by atoms with Gasteiger partial charge in [0.15, 0.2) is 0 Å². The largest absolute Gasteiger partial charge is 0.387 e. The molecule has 0 bridgehead atoms. The van der Waals surface area contributed by atoms with Crippen LogP contribution in [0.3, 0.4) is 0 Å². The van der Waals surface area contributed by atoms with Crippen LogP contribution in [0.1, 0.15) is 38.0 Å². The standard InChI is InChI=1S/C11H18N2O/c1-8(9-4-3-5-9)11(14)10-6-7-12-13(10)2/h6-9,11,14H,3-5H2,1-2H3. The highest BCUT2D eigenvalue weighted by Gasteiger charge is 2.30. The molecule has 78 valence electrons. The van der Waals surface area contributed by atoms with Crippen LogP contribution in [0.15, 0.2) is 12.3 Å². The van der Waals surface area contributed by atoms with Crippen molar-refractivity contribution < 1.29 is 5.11 Å². The number of aryl methyl sites for hydroxylation is 1. The molecule has 3 nitrogen and oxygen atoms in total. The Labute approximate surface area is 84.7 Å². The Bertz CT molecular complexity index is 304. The Morgan fingerprint density at radius 2 is 2.29 bits per heavy atom. The molecular formula is C11H18N2O. The number of aromatic nitrogens is 2. The Balaban J connectivity index is 2.07. The molecule has 1 aromatic rings. The van der Waals surface area contributed by atoms with Crippen LogP contribution in [-0.4, -0.2) is 14.9 Å². The van der Waals surface area contributed by atoms with Gasteiger partial charge in [0.25, 0.3) is 0 Å². The number of aliphatic hydroxyl groups excluding tert-OH is 1. The van der Waals surface area contributed by atoms with Gasteiger partial charge in [0.2, 0.25) is 0 Å². The second kappa shape index (κ2) is 3.73. The smallest absolute Gasteiger partial charge is 0.0984 e. The third-order valence-electron chi connectivity index (χ3n) is 3.55. The molecule has 14 heavy (non-hydrogen) atoms. The first kappa shape index (κ1) is 9.71. The highest BCUT2D eigenvalue weighted by Crippen LogP contribution is 2.39. The summed E-state index contributed by atoms with van der Waals surface area (Å²) in [6.45, 7) is 2.14. The molecule has 1 aliphatic rings. The van der Waals surface area contributed by atoms with Crippen molar-refractivity contribution >= 4 is 0 Å². The predicted octanol–water partition coefficient (Wildman–Crippen LogP) is 1.89. The zero-order valence-corrected chi connectivity index (χ0v) is 8.85. The molecule has 2 atom stereocenters. The molecule has 1 heterocycles. The molecule has 0 radical (unpaired) electrons. The quantitative estimate of drug-likeness (QED) is 0.798. The molecular weight excluding hydrogens is 176 g/mol. The van der Waals surface area contributed by atoms with Gasteiger partial charge in [-0.25, -0.2) is 0 Å². The van der Waals surface area contributed by atoms with Gasteiger partial charge in [0.05, 0.1) is 11.8 Å². The van der Waals surface area contributed by atoms with E-state index in [9.17, 15) is 5.11 Å². The number of aliphatic hydroxyl groups is 1. The number of hydrogen-bond donors (Lipinski definition) is 1. The molecule has 0 spiro atoms. The lowest BCUT2D eigenvalue weighted by atomic mass is 9.74. The molecule has 0 saturated heterocycles. The lowest BCUT2D eigenvalue weighted by molar-refractivity contribution is 0.0478. The fraction of sp³-hybridized carbons (Fsp3) is 0.727. The Kier molecular flexibility index (Phi) is 2.59. The first-order chi connectivity index (χ1) is 6.70. The average Bonchev–Trinajstić information content (AvgIpc) is 2.47. The summed E-state index contributed by atoms with van der Waals surface area (Å²) >= 11 is 0. The zero-order chi connectivity index (χ0) is 10.1. The maximum Gasteiger partial charge on any atom is 0.0984 e. The van der Waals surface area contributed by atoms with Gasteiger partial charge in [0, 0.05) is 13.2 Å². The van der Waals surface area contributed by atoms with Crippen molar-refractivity contribution in [1.29, 1.82) is 0 Å². The summed E-state index contributed by atoms with van der Waals surface area (Å²) in [5, 5.41) is 14.2. The molecule has 0 amide bonds. The van der Waals surface area contributed by atoms with Crippen LogP contribution in [0.4, 0.5) is 0 Å². The van der Waals surface area contributed by atoms with Crippen molar-refractivity contribution in [3.8, 4) is 0 Å². The molecule has 1 saturated carbocycles. The van der Waals surface area contributed by atoms with E-state index in [1.54, 1.807) is 10.9 Å². The predicted molar refractivity (Wildman–Crippen MR) is 54.7 cm³/mol. The topological polar surface area (TPSA) is 38.1 Å². The number of rotatable bonds is 3. The van der Waals surface area contributed by atoms with E-state index < -0.39 is 0 Å². The van der Waals surface area contributed by atoms with Crippen molar-refractivity contribution in [1.82, 2.24) is 9.78 Å². The summed E-state index contributed by atoms with van der Waals surface area (Å²) in [4.78, 5) is 0. The van der Waals surface area contributed by atoms with Crippen LogP contribution >= 0.6 is 0 Å². The van der Waals surface area contributed by atoms with Crippen LogP contribution in [0.25, 0.3) is 0 Å². The van der Waals surface area contributed by atoms with Gasteiger partial charge < -0.3 is 5.11 Å². The summed E-state index contributed by atoms with van der Waals surface area (Å²) < 4.78 is 1.76. The first-order valence-corrected chi connectivity index (χ1v) is 5.36. The summed E-state index contributed by atoms with van der Waals surface area (Å²) in [5.41, 5.74) is 0.935. The van der Waals surface area contributed by atoms with E-state index in [-0.39, 0.29) is 6.10 Å². The lowest BCUT2D eigenvalue weighted by Gasteiger charge is -2.34. The van der Waals surface area contributed by atoms with Crippen LogP contribution in [0.2, 0.25) is 0 Å². The van der Waals surface area contributed by atoms with E-state index in [1.807, 2.05) is 13.1 Å². The Morgan fingerprint density at radius 3 is 2.71 bits per heavy atom. The highest BCUT2D eigenvalue weighted by molar-refractivity contribution is 5.06. The second-order valence-corrected chi connectivity index (χ2v) is 4.37. The SMILES string of the molecule is CC(C1CCC1)C(O)c1ccnn1C. The number of nitrogens with zero attached hydrogens (tertiary/aromatic N) is 2. The Morgan fingerprint density at radius 1 is 1.57 bits per heavy atom. The van der Waals surface area contributed by atoms with Gasteiger partial charge in [-0.3, -0.25) is 4.68 Å². The van der Waals surface area contributed by atoms with Gasteiger partial charge in [-0.2, -0.15) is 5.10 Å². The molecule has 1 fully saturated rings. The van der Waals surface area contributed by atoms with Gasteiger partial charge in [0.1, 0.15) is 0 Å². The lowest BCUT2D eigenvalue weighted by Crippen LogP contribution is -2.26. The van der Waals surface area contributed by atoms with Gasteiger partial charge in [-0.05, 0) is 17.9 Å². The monoisotopic (exact) mass is 194 g/mol. The minimum absolute atomic E-state index is 0.354. The molecule has 2 unspecified atom stereocenters. The van der Waals surface area contributed by atoms with E-state index in [2.05, 4.69) is 12.0 Å². The molecule has 0 aliphatic heterocycles. The minimum Gasteiger partial charge on any atom is -0.387 e. The normalized spacial score (nSPS) is 21.6. The van der Waals surface area contributed by atoms with Crippen LogP contribution in [0.5, 0.6) is 0 Å². The van der Waals surface area contributed by atoms with Crippen molar-refractivity contribution in [2.75, 3.05) is 0 Å². The molecule has 1 N–H and O–H groups in total. The van der Waals surface area contributed by atoms with Gasteiger partial charge >= 0.3 is 0 Å². The van der Waals surface area contributed by atoms with Gasteiger partial charge in [-0.15, -0.1) is 0 Å². The maximum atomic E-state index is 10.1. The summed E-state index contributed by atoms with van der Waals surface area (Å²) in [6.07, 6.45) is 5.26. The summed E-state index contributed by atoms with van der Waals surface area (Å²) in [6, 6.07) is 1.90. The van der Waals surface area contributed by atoms with E-state index in [4.69, 9.17) is 0 Å². The van der Waals surface area contributed by atoms with Crippen LogP contribution in [0, 0.1) is 11.8 Å². The minimum atomic E-state index is -0.354. The number of hydrogen-bond acceptors (Lipinski definition) is 2. The molecule has 1 aromatic heterocycles. The van der Waals surface area contributed by atoms with E-state index in [0.29, 0.717) is 11.8 Å². The third-order valence-corrected chi connectivity index (χ3v) is 3.55. The van der Waals surface area contributed by atoms with E-state index in [1.165, 1.54) is 19.3 Å². The fourth-order valence-electron chi connectivity index (χ4n) is 2.17.